The minimum Gasteiger partial charge on any atom is -0.506 e. The van der Waals surface area contributed by atoms with Crippen molar-refractivity contribution in [2.45, 2.75) is 24.5 Å². The lowest BCUT2D eigenvalue weighted by atomic mass is 9.81. The second-order valence-electron chi connectivity index (χ2n) is 8.75. The Labute approximate surface area is 196 Å². The van der Waals surface area contributed by atoms with Gasteiger partial charge in [0.2, 0.25) is 0 Å². The van der Waals surface area contributed by atoms with Crippen LogP contribution in [0.2, 0.25) is 0 Å². The summed E-state index contributed by atoms with van der Waals surface area (Å²) in [5.41, 5.74) is 3.24. The second kappa shape index (κ2) is 6.73. The van der Waals surface area contributed by atoms with E-state index in [1.165, 1.54) is 18.2 Å². The maximum Gasteiger partial charge on any atom is 0.338 e. The number of aromatic hydroxyl groups is 2. The van der Waals surface area contributed by atoms with Gasteiger partial charge in [0.25, 0.3) is 0 Å². The van der Waals surface area contributed by atoms with Crippen LogP contribution >= 0.6 is 0 Å². The highest BCUT2D eigenvalue weighted by Crippen LogP contribution is 2.51. The Bertz CT molecular complexity index is 1750. The molecule has 5 aromatic rings. The molecule has 1 aliphatic carbocycles. The Morgan fingerprint density at radius 1 is 0.886 bits per heavy atom. The summed E-state index contributed by atoms with van der Waals surface area (Å²) in [4.78, 5) is 30.3. The SMILES string of the molecule is O=C(O)c1cc2c(c3nc4c(O)cccc4nc13)C1Cc3nc4cccc(O)c4nc3[C@@H](O)C1O2. The highest BCUT2D eigenvalue weighted by atomic mass is 16.5. The molecule has 3 heterocycles. The van der Waals surface area contributed by atoms with Crippen molar-refractivity contribution in [3.05, 3.63) is 65.0 Å². The Balaban J connectivity index is 1.49. The number of fused-ring (bicyclic) bond motifs is 8. The number of phenolic OH excluding ortho intramolecular Hbond substituents is 2. The third-order valence-electron chi connectivity index (χ3n) is 6.77. The number of aliphatic hydroxyl groups is 1. The average Bonchev–Trinajstić information content (AvgIpc) is 3.21. The molecule has 2 aliphatic rings. The van der Waals surface area contributed by atoms with Crippen molar-refractivity contribution in [2.24, 2.45) is 0 Å². The van der Waals surface area contributed by atoms with Crippen LogP contribution in [0.15, 0.2) is 42.5 Å². The topological polar surface area (TPSA) is 159 Å². The number of para-hydroxylation sites is 2. The van der Waals surface area contributed by atoms with Crippen molar-refractivity contribution < 1.29 is 30.0 Å². The lowest BCUT2D eigenvalue weighted by Crippen LogP contribution is -2.34. The van der Waals surface area contributed by atoms with Crippen molar-refractivity contribution in [1.29, 1.82) is 0 Å². The van der Waals surface area contributed by atoms with Crippen LogP contribution in [0.3, 0.4) is 0 Å². The first-order valence-electron chi connectivity index (χ1n) is 10.9. The van der Waals surface area contributed by atoms with Crippen LogP contribution in [0.1, 0.15) is 39.3 Å². The van der Waals surface area contributed by atoms with Gasteiger partial charge < -0.3 is 25.2 Å². The normalized spacial score (nSPS) is 20.4. The molecule has 10 heteroatoms. The van der Waals surface area contributed by atoms with Gasteiger partial charge in [-0.15, -0.1) is 0 Å². The maximum atomic E-state index is 12.1. The fourth-order valence-corrected chi connectivity index (χ4v) is 5.21. The smallest absolute Gasteiger partial charge is 0.338 e. The lowest BCUT2D eigenvalue weighted by Gasteiger charge is -2.30. The molecule has 2 unspecified atom stereocenters. The molecule has 10 nitrogen and oxygen atoms in total. The van der Waals surface area contributed by atoms with Crippen LogP contribution in [0.5, 0.6) is 17.2 Å². The highest BCUT2D eigenvalue weighted by Gasteiger charge is 2.47. The van der Waals surface area contributed by atoms with Gasteiger partial charge in [-0.3, -0.25) is 0 Å². The molecule has 0 radical (unpaired) electrons. The summed E-state index contributed by atoms with van der Waals surface area (Å²) in [6.07, 6.45) is -1.58. The van der Waals surface area contributed by atoms with E-state index in [0.717, 1.165) is 0 Å². The molecule has 1 aliphatic heterocycles. The standard InChI is InChI=1S/C25H16N4O6/c30-14-5-1-3-11-19(14)28-21-13(26-11)7-9-17-16(35-24(9)23(21)32)8-10(25(33)34)18-22(17)29-20-12(27-18)4-2-6-15(20)31/h1-6,8-9,23-24,30-32H,7H2,(H,33,34)/t9?,23-,24?/m1/s1. The number of rotatable bonds is 1. The van der Waals surface area contributed by atoms with Crippen LogP contribution in [-0.4, -0.2) is 52.4 Å². The first-order valence-corrected chi connectivity index (χ1v) is 10.9. The van der Waals surface area contributed by atoms with E-state index >= 15 is 0 Å². The quantitative estimate of drug-likeness (QED) is 0.269. The summed E-state index contributed by atoms with van der Waals surface area (Å²) in [5.74, 6) is -1.43. The Hall–Kier alpha value is -4.57. The Morgan fingerprint density at radius 3 is 2.29 bits per heavy atom. The van der Waals surface area contributed by atoms with Gasteiger partial charge in [-0.25, -0.2) is 24.7 Å². The summed E-state index contributed by atoms with van der Waals surface area (Å²) in [7, 11) is 0. The number of hydrogen-bond donors (Lipinski definition) is 4. The minimum absolute atomic E-state index is 0.0400. The van der Waals surface area contributed by atoms with Gasteiger partial charge in [0.05, 0.1) is 33.5 Å². The number of phenols is 2. The zero-order chi connectivity index (χ0) is 24.0. The molecule has 0 amide bonds. The van der Waals surface area contributed by atoms with Gasteiger partial charge in [0, 0.05) is 17.9 Å². The summed E-state index contributed by atoms with van der Waals surface area (Å²) >= 11 is 0. The van der Waals surface area contributed by atoms with Gasteiger partial charge in [0.15, 0.2) is 0 Å². The molecule has 172 valence electrons. The summed E-state index contributed by atoms with van der Waals surface area (Å²) < 4.78 is 6.09. The molecule has 35 heavy (non-hydrogen) atoms. The van der Waals surface area contributed by atoms with Gasteiger partial charge >= 0.3 is 5.97 Å². The summed E-state index contributed by atoms with van der Waals surface area (Å²) in [5, 5.41) is 41.6. The van der Waals surface area contributed by atoms with Crippen molar-refractivity contribution in [3.63, 3.8) is 0 Å². The second-order valence-corrected chi connectivity index (χ2v) is 8.75. The third-order valence-corrected chi connectivity index (χ3v) is 6.77. The van der Waals surface area contributed by atoms with Crippen molar-refractivity contribution >= 4 is 39.1 Å². The number of nitrogens with zero attached hydrogens (tertiary/aromatic N) is 4. The van der Waals surface area contributed by atoms with E-state index in [-0.39, 0.29) is 39.4 Å². The van der Waals surface area contributed by atoms with E-state index in [4.69, 9.17) is 4.74 Å². The van der Waals surface area contributed by atoms with Gasteiger partial charge in [-0.1, -0.05) is 12.1 Å². The predicted molar refractivity (Wildman–Crippen MR) is 123 cm³/mol. The van der Waals surface area contributed by atoms with Gasteiger partial charge in [-0.05, 0) is 30.3 Å². The van der Waals surface area contributed by atoms with Crippen molar-refractivity contribution in [2.75, 3.05) is 0 Å². The number of hydrogen-bond acceptors (Lipinski definition) is 9. The highest BCUT2D eigenvalue weighted by molar-refractivity contribution is 6.05. The maximum absolute atomic E-state index is 12.1. The van der Waals surface area contributed by atoms with E-state index in [1.807, 2.05) is 0 Å². The molecule has 4 N–H and O–H groups in total. The molecule has 0 bridgehead atoms. The molecule has 0 fully saturated rings. The van der Waals surface area contributed by atoms with Crippen molar-refractivity contribution in [3.8, 4) is 17.2 Å². The molecule has 2 aromatic heterocycles. The van der Waals surface area contributed by atoms with Crippen LogP contribution in [0.4, 0.5) is 0 Å². The lowest BCUT2D eigenvalue weighted by molar-refractivity contribution is 0.0230. The number of benzene rings is 3. The van der Waals surface area contributed by atoms with Crippen LogP contribution < -0.4 is 4.74 Å². The molecule has 0 saturated heterocycles. The van der Waals surface area contributed by atoms with E-state index in [0.29, 0.717) is 39.9 Å². The number of aliphatic hydroxyl groups excluding tert-OH is 1. The molecule has 0 spiro atoms. The fourth-order valence-electron chi connectivity index (χ4n) is 5.21. The van der Waals surface area contributed by atoms with E-state index in [1.54, 1.807) is 24.3 Å². The van der Waals surface area contributed by atoms with Gasteiger partial charge in [-0.2, -0.15) is 0 Å². The molecular formula is C25H16N4O6. The minimum atomic E-state index is -1.20. The number of aromatic nitrogens is 4. The monoisotopic (exact) mass is 468 g/mol. The van der Waals surface area contributed by atoms with Crippen LogP contribution in [0.25, 0.3) is 33.1 Å². The van der Waals surface area contributed by atoms with Gasteiger partial charge in [0.1, 0.15) is 46.0 Å². The Morgan fingerprint density at radius 2 is 1.57 bits per heavy atom. The third kappa shape index (κ3) is 2.65. The number of carboxylic acid groups (broad SMARTS) is 1. The first-order chi connectivity index (χ1) is 16.9. The molecule has 3 atom stereocenters. The van der Waals surface area contributed by atoms with E-state index < -0.39 is 24.1 Å². The Kier molecular flexibility index (Phi) is 3.82. The largest absolute Gasteiger partial charge is 0.506 e. The summed E-state index contributed by atoms with van der Waals surface area (Å²) in [6, 6.07) is 11.1. The number of aromatic carboxylic acids is 1. The number of carbonyl (C=O) groups is 1. The zero-order valence-corrected chi connectivity index (χ0v) is 17.9. The fraction of sp³-hybridized carbons (Fsp3) is 0.160. The molecular weight excluding hydrogens is 452 g/mol. The van der Waals surface area contributed by atoms with E-state index in [2.05, 4.69) is 19.9 Å². The number of ether oxygens (including phenoxy) is 1. The molecule has 3 aromatic carbocycles. The summed E-state index contributed by atoms with van der Waals surface area (Å²) in [6.45, 7) is 0. The van der Waals surface area contributed by atoms with Crippen molar-refractivity contribution in [1.82, 2.24) is 19.9 Å². The van der Waals surface area contributed by atoms with E-state index in [9.17, 15) is 25.2 Å². The molecule has 0 saturated carbocycles. The number of carboxylic acids is 1. The average molecular weight is 468 g/mol. The first kappa shape index (κ1) is 19.9. The van der Waals surface area contributed by atoms with Crippen LogP contribution in [0, 0.1) is 0 Å². The zero-order valence-electron chi connectivity index (χ0n) is 17.9. The predicted octanol–water partition coefficient (Wildman–Crippen LogP) is 2.97. The van der Waals surface area contributed by atoms with Crippen LogP contribution in [-0.2, 0) is 6.42 Å². The molecule has 7 rings (SSSR count).